The Kier molecular flexibility index (Phi) is 5.60. The fraction of sp³-hybridized carbons (Fsp3) is 0.571. The molecule has 0 radical (unpaired) electrons. The minimum Gasteiger partial charge on any atom is -0.314 e. The molecular formula is C14H21BrFN. The van der Waals surface area contributed by atoms with Crippen molar-refractivity contribution in [3.8, 4) is 0 Å². The highest BCUT2D eigenvalue weighted by molar-refractivity contribution is 9.10. The van der Waals surface area contributed by atoms with Crippen molar-refractivity contribution in [1.82, 2.24) is 5.32 Å². The van der Waals surface area contributed by atoms with E-state index in [1.54, 1.807) is 6.07 Å². The molecule has 0 saturated carbocycles. The Balaban J connectivity index is 2.74. The SMILES string of the molecule is CC(C)NCC(C)C(C)c1cc(Br)ccc1F. The lowest BCUT2D eigenvalue weighted by Crippen LogP contribution is -2.30. The van der Waals surface area contributed by atoms with Crippen LogP contribution in [0.4, 0.5) is 4.39 Å². The Morgan fingerprint density at radius 1 is 1.24 bits per heavy atom. The van der Waals surface area contributed by atoms with Crippen LogP contribution in [0.1, 0.15) is 39.2 Å². The Morgan fingerprint density at radius 3 is 2.47 bits per heavy atom. The van der Waals surface area contributed by atoms with E-state index in [0.717, 1.165) is 16.6 Å². The normalized spacial score (nSPS) is 15.0. The van der Waals surface area contributed by atoms with Crippen LogP contribution >= 0.6 is 15.9 Å². The number of nitrogens with one attached hydrogen (secondary N) is 1. The zero-order valence-corrected chi connectivity index (χ0v) is 12.5. The van der Waals surface area contributed by atoms with Gasteiger partial charge in [0, 0.05) is 10.5 Å². The van der Waals surface area contributed by atoms with Crippen molar-refractivity contribution < 1.29 is 4.39 Å². The lowest BCUT2D eigenvalue weighted by Gasteiger charge is -2.22. The number of hydrogen-bond acceptors (Lipinski definition) is 1. The van der Waals surface area contributed by atoms with Crippen LogP contribution in [0.15, 0.2) is 22.7 Å². The molecule has 0 bridgehead atoms. The monoisotopic (exact) mass is 301 g/mol. The molecule has 0 heterocycles. The van der Waals surface area contributed by atoms with Crippen molar-refractivity contribution in [2.75, 3.05) is 6.54 Å². The molecule has 1 aromatic rings. The summed E-state index contributed by atoms with van der Waals surface area (Å²) in [5, 5.41) is 3.40. The minimum atomic E-state index is -0.114. The fourth-order valence-electron chi connectivity index (χ4n) is 1.77. The van der Waals surface area contributed by atoms with E-state index in [-0.39, 0.29) is 11.7 Å². The van der Waals surface area contributed by atoms with Crippen LogP contribution in [0.25, 0.3) is 0 Å². The summed E-state index contributed by atoms with van der Waals surface area (Å²) in [5.74, 6) is 0.497. The molecule has 1 rings (SSSR count). The Labute approximate surface area is 112 Å². The molecule has 2 unspecified atom stereocenters. The molecule has 0 aromatic heterocycles. The molecule has 0 aliphatic rings. The van der Waals surface area contributed by atoms with E-state index in [2.05, 4.69) is 48.9 Å². The molecule has 1 nitrogen and oxygen atoms in total. The van der Waals surface area contributed by atoms with E-state index in [0.29, 0.717) is 12.0 Å². The first kappa shape index (κ1) is 14.7. The summed E-state index contributed by atoms with van der Waals surface area (Å²) >= 11 is 3.39. The van der Waals surface area contributed by atoms with Crippen LogP contribution in [-0.2, 0) is 0 Å². The summed E-state index contributed by atoms with van der Waals surface area (Å²) in [6, 6.07) is 5.62. The second-order valence-corrected chi connectivity index (χ2v) is 5.91. The van der Waals surface area contributed by atoms with Crippen molar-refractivity contribution in [1.29, 1.82) is 0 Å². The molecule has 0 aliphatic heterocycles. The predicted molar refractivity (Wildman–Crippen MR) is 74.8 cm³/mol. The zero-order chi connectivity index (χ0) is 13.0. The maximum Gasteiger partial charge on any atom is 0.126 e. The van der Waals surface area contributed by atoms with Crippen LogP contribution in [0.5, 0.6) is 0 Å². The number of hydrogen-bond donors (Lipinski definition) is 1. The third-order valence-corrected chi connectivity index (χ3v) is 3.64. The highest BCUT2D eigenvalue weighted by atomic mass is 79.9. The van der Waals surface area contributed by atoms with Crippen molar-refractivity contribution in [3.63, 3.8) is 0 Å². The van der Waals surface area contributed by atoms with E-state index in [9.17, 15) is 4.39 Å². The second-order valence-electron chi connectivity index (χ2n) is 4.99. The lowest BCUT2D eigenvalue weighted by atomic mass is 9.88. The summed E-state index contributed by atoms with van der Waals surface area (Å²) in [5.41, 5.74) is 0.789. The van der Waals surface area contributed by atoms with Gasteiger partial charge in [-0.2, -0.15) is 0 Å². The summed E-state index contributed by atoms with van der Waals surface area (Å²) < 4.78 is 14.7. The number of halogens is 2. The van der Waals surface area contributed by atoms with Gasteiger partial charge >= 0.3 is 0 Å². The molecule has 0 spiro atoms. The third-order valence-electron chi connectivity index (χ3n) is 3.15. The summed E-state index contributed by atoms with van der Waals surface area (Å²) in [4.78, 5) is 0. The predicted octanol–water partition coefficient (Wildman–Crippen LogP) is 4.33. The van der Waals surface area contributed by atoms with Gasteiger partial charge in [0.25, 0.3) is 0 Å². The van der Waals surface area contributed by atoms with E-state index in [1.807, 2.05) is 6.07 Å². The second kappa shape index (κ2) is 6.50. The van der Waals surface area contributed by atoms with Crippen LogP contribution in [0, 0.1) is 11.7 Å². The highest BCUT2D eigenvalue weighted by Gasteiger charge is 2.18. The fourth-order valence-corrected chi connectivity index (χ4v) is 2.15. The topological polar surface area (TPSA) is 12.0 Å². The Hall–Kier alpha value is -0.410. The van der Waals surface area contributed by atoms with Crippen molar-refractivity contribution in [2.24, 2.45) is 5.92 Å². The van der Waals surface area contributed by atoms with Gasteiger partial charge in [-0.05, 0) is 42.1 Å². The van der Waals surface area contributed by atoms with E-state index < -0.39 is 0 Å². The molecule has 96 valence electrons. The Bertz CT molecular complexity index is 365. The number of rotatable bonds is 5. The molecule has 1 aromatic carbocycles. The summed E-state index contributed by atoms with van der Waals surface area (Å²) in [6.45, 7) is 9.39. The van der Waals surface area contributed by atoms with Crippen LogP contribution in [0.2, 0.25) is 0 Å². The maximum absolute atomic E-state index is 13.7. The van der Waals surface area contributed by atoms with Crippen molar-refractivity contribution >= 4 is 15.9 Å². The zero-order valence-electron chi connectivity index (χ0n) is 10.9. The molecule has 0 amide bonds. The molecular weight excluding hydrogens is 281 g/mol. The highest BCUT2D eigenvalue weighted by Crippen LogP contribution is 2.28. The van der Waals surface area contributed by atoms with Gasteiger partial charge in [-0.15, -0.1) is 0 Å². The smallest absolute Gasteiger partial charge is 0.126 e. The first-order valence-corrected chi connectivity index (χ1v) is 6.89. The minimum absolute atomic E-state index is 0.114. The Morgan fingerprint density at radius 2 is 1.88 bits per heavy atom. The van der Waals surface area contributed by atoms with Gasteiger partial charge in [-0.1, -0.05) is 43.6 Å². The van der Waals surface area contributed by atoms with Crippen LogP contribution in [0.3, 0.4) is 0 Å². The summed E-state index contributed by atoms with van der Waals surface area (Å²) in [6.07, 6.45) is 0. The molecule has 0 fully saturated rings. The lowest BCUT2D eigenvalue weighted by molar-refractivity contribution is 0.416. The van der Waals surface area contributed by atoms with Gasteiger partial charge in [0.15, 0.2) is 0 Å². The van der Waals surface area contributed by atoms with E-state index in [1.165, 1.54) is 6.07 Å². The first-order valence-electron chi connectivity index (χ1n) is 6.10. The van der Waals surface area contributed by atoms with E-state index in [4.69, 9.17) is 0 Å². The molecule has 3 heteroatoms. The van der Waals surface area contributed by atoms with Gasteiger partial charge in [0.1, 0.15) is 5.82 Å². The molecule has 17 heavy (non-hydrogen) atoms. The van der Waals surface area contributed by atoms with Crippen LogP contribution in [-0.4, -0.2) is 12.6 Å². The van der Waals surface area contributed by atoms with Gasteiger partial charge in [0.05, 0.1) is 0 Å². The average Bonchev–Trinajstić information content (AvgIpc) is 2.28. The van der Waals surface area contributed by atoms with Gasteiger partial charge in [0.2, 0.25) is 0 Å². The maximum atomic E-state index is 13.7. The van der Waals surface area contributed by atoms with Crippen LogP contribution < -0.4 is 5.32 Å². The van der Waals surface area contributed by atoms with Gasteiger partial charge in [-0.25, -0.2) is 4.39 Å². The van der Waals surface area contributed by atoms with Crippen molar-refractivity contribution in [3.05, 3.63) is 34.1 Å². The number of benzene rings is 1. The van der Waals surface area contributed by atoms with Crippen molar-refractivity contribution in [2.45, 2.75) is 39.7 Å². The molecule has 2 atom stereocenters. The van der Waals surface area contributed by atoms with Gasteiger partial charge in [-0.3, -0.25) is 0 Å². The largest absolute Gasteiger partial charge is 0.314 e. The van der Waals surface area contributed by atoms with E-state index >= 15 is 0 Å². The van der Waals surface area contributed by atoms with Gasteiger partial charge < -0.3 is 5.32 Å². The molecule has 0 saturated heterocycles. The standard InChI is InChI=1S/C14H21BrFN/c1-9(2)17-8-10(3)11(4)13-7-12(15)5-6-14(13)16/h5-7,9-11,17H,8H2,1-4H3. The molecule has 1 N–H and O–H groups in total. The molecule has 0 aliphatic carbocycles. The summed E-state index contributed by atoms with van der Waals surface area (Å²) in [7, 11) is 0. The quantitative estimate of drug-likeness (QED) is 0.854. The first-order chi connectivity index (χ1) is 7.91. The third kappa shape index (κ3) is 4.40. The average molecular weight is 302 g/mol.